The van der Waals surface area contributed by atoms with Crippen molar-refractivity contribution in [1.29, 1.82) is 0 Å². The molecule has 0 bridgehead atoms. The Morgan fingerprint density at radius 2 is 1.67 bits per heavy atom. The lowest BCUT2D eigenvalue weighted by Gasteiger charge is -2.30. The normalized spacial score (nSPS) is 11.5. The molecule has 1 aromatic carbocycles. The molecule has 0 saturated carbocycles. The Morgan fingerprint density at radius 3 is 2.17 bits per heavy atom. The van der Waals surface area contributed by atoms with Crippen molar-refractivity contribution in [3.63, 3.8) is 0 Å². The minimum absolute atomic E-state index is 0.519. The number of nitrogen functional groups attached to an aromatic ring is 2. The Balaban J connectivity index is 2.47. The molecule has 4 nitrogen and oxygen atoms in total. The molecule has 0 radical (unpaired) electrons. The maximum absolute atomic E-state index is 5.73. The number of anilines is 2. The molecule has 1 rings (SSSR count). The monoisotopic (exact) mass is 251 g/mol. The average Bonchev–Trinajstić information content (AvgIpc) is 2.28. The van der Waals surface area contributed by atoms with E-state index in [1.54, 1.807) is 12.1 Å². The zero-order chi connectivity index (χ0) is 13.7. The molecule has 0 heterocycles. The molecule has 0 fully saturated rings. The van der Waals surface area contributed by atoms with Crippen LogP contribution in [0.1, 0.15) is 27.7 Å². The molecule has 1 aromatic rings. The van der Waals surface area contributed by atoms with Gasteiger partial charge in [0, 0.05) is 24.7 Å². The summed E-state index contributed by atoms with van der Waals surface area (Å²) in [4.78, 5) is 2.39. The first-order valence-corrected chi connectivity index (χ1v) is 6.45. The highest BCUT2D eigenvalue weighted by molar-refractivity contribution is 5.65. The van der Waals surface area contributed by atoms with Crippen molar-refractivity contribution >= 4 is 11.4 Å². The topological polar surface area (TPSA) is 64.5 Å². The van der Waals surface area contributed by atoms with Crippen molar-refractivity contribution in [3.8, 4) is 5.75 Å². The van der Waals surface area contributed by atoms with Crippen LogP contribution >= 0.6 is 0 Å². The van der Waals surface area contributed by atoms with Gasteiger partial charge in [0.15, 0.2) is 0 Å². The van der Waals surface area contributed by atoms with Crippen LogP contribution in [0.5, 0.6) is 5.75 Å². The Labute approximate surface area is 110 Å². The first-order valence-electron chi connectivity index (χ1n) is 6.45. The summed E-state index contributed by atoms with van der Waals surface area (Å²) >= 11 is 0. The molecule has 0 aliphatic carbocycles. The van der Waals surface area contributed by atoms with Gasteiger partial charge >= 0.3 is 0 Å². The van der Waals surface area contributed by atoms with Gasteiger partial charge in [-0.1, -0.05) is 0 Å². The van der Waals surface area contributed by atoms with Crippen LogP contribution in [-0.4, -0.2) is 30.1 Å². The molecule has 0 amide bonds. The summed E-state index contributed by atoms with van der Waals surface area (Å²) in [5, 5.41) is 0. The first-order chi connectivity index (χ1) is 8.41. The van der Waals surface area contributed by atoms with Crippen LogP contribution in [0.3, 0.4) is 0 Å². The summed E-state index contributed by atoms with van der Waals surface area (Å²) in [6, 6.07) is 6.42. The largest absolute Gasteiger partial charge is 0.492 e. The Hall–Kier alpha value is -1.42. The molecule has 0 aliphatic rings. The summed E-state index contributed by atoms with van der Waals surface area (Å²) in [5.41, 5.74) is 12.5. The summed E-state index contributed by atoms with van der Waals surface area (Å²) in [6.07, 6.45) is 0. The summed E-state index contributed by atoms with van der Waals surface area (Å²) in [5.74, 6) is 0.772. The maximum atomic E-state index is 5.73. The van der Waals surface area contributed by atoms with Gasteiger partial charge in [-0.3, -0.25) is 4.90 Å². The molecule has 18 heavy (non-hydrogen) atoms. The first kappa shape index (κ1) is 14.6. The molecule has 0 aliphatic heterocycles. The molecular formula is C14H25N3O. The number of ether oxygens (including phenoxy) is 1. The number of benzene rings is 1. The highest BCUT2D eigenvalue weighted by atomic mass is 16.5. The van der Waals surface area contributed by atoms with E-state index in [2.05, 4.69) is 32.6 Å². The van der Waals surface area contributed by atoms with Gasteiger partial charge in [0.05, 0.1) is 11.4 Å². The van der Waals surface area contributed by atoms with E-state index in [0.717, 1.165) is 12.3 Å². The molecule has 102 valence electrons. The Bertz CT molecular complexity index is 369. The lowest BCUT2D eigenvalue weighted by molar-refractivity contribution is 0.142. The third kappa shape index (κ3) is 4.11. The Morgan fingerprint density at radius 1 is 1.06 bits per heavy atom. The van der Waals surface area contributed by atoms with Crippen LogP contribution in [0.15, 0.2) is 18.2 Å². The van der Waals surface area contributed by atoms with Crippen molar-refractivity contribution in [2.24, 2.45) is 0 Å². The molecule has 0 aromatic heterocycles. The van der Waals surface area contributed by atoms with Crippen molar-refractivity contribution in [3.05, 3.63) is 18.2 Å². The number of nitrogens with two attached hydrogens (primary N) is 2. The summed E-state index contributed by atoms with van der Waals surface area (Å²) in [6.45, 7) is 10.3. The second kappa shape index (κ2) is 6.50. The van der Waals surface area contributed by atoms with E-state index in [9.17, 15) is 0 Å². The maximum Gasteiger partial charge on any atom is 0.121 e. The quantitative estimate of drug-likeness (QED) is 0.762. The van der Waals surface area contributed by atoms with Crippen molar-refractivity contribution in [1.82, 2.24) is 4.90 Å². The van der Waals surface area contributed by atoms with Gasteiger partial charge in [0.25, 0.3) is 0 Å². The van der Waals surface area contributed by atoms with Gasteiger partial charge in [-0.25, -0.2) is 0 Å². The molecule has 0 spiro atoms. The smallest absolute Gasteiger partial charge is 0.121 e. The van der Waals surface area contributed by atoms with Gasteiger partial charge in [0.2, 0.25) is 0 Å². The molecule has 0 atom stereocenters. The van der Waals surface area contributed by atoms with E-state index in [4.69, 9.17) is 16.2 Å². The van der Waals surface area contributed by atoms with Gasteiger partial charge in [-0.05, 0) is 39.8 Å². The second-order valence-electron chi connectivity index (χ2n) is 5.06. The number of hydrogen-bond donors (Lipinski definition) is 2. The molecule has 0 unspecified atom stereocenters. The lowest BCUT2D eigenvalue weighted by Crippen LogP contribution is -2.39. The standard InChI is InChI=1S/C14H25N3O/c1-10(2)17(11(3)4)7-8-18-12-5-6-13(15)14(16)9-12/h5-6,9-11H,7-8,15-16H2,1-4H3. The third-order valence-electron chi connectivity index (χ3n) is 3.00. The minimum Gasteiger partial charge on any atom is -0.492 e. The van der Waals surface area contributed by atoms with Gasteiger partial charge in [0.1, 0.15) is 12.4 Å². The summed E-state index contributed by atoms with van der Waals surface area (Å²) < 4.78 is 5.70. The van der Waals surface area contributed by atoms with Crippen LogP contribution in [0.2, 0.25) is 0 Å². The molecular weight excluding hydrogens is 226 g/mol. The molecule has 4 heteroatoms. The SMILES string of the molecule is CC(C)N(CCOc1ccc(N)c(N)c1)C(C)C. The van der Waals surface area contributed by atoms with Crippen LogP contribution in [0, 0.1) is 0 Å². The predicted octanol–water partition coefficient (Wildman–Crippen LogP) is 2.35. The lowest BCUT2D eigenvalue weighted by atomic mass is 10.2. The highest BCUT2D eigenvalue weighted by Crippen LogP contribution is 2.21. The van der Waals surface area contributed by atoms with Gasteiger partial charge in [-0.15, -0.1) is 0 Å². The van der Waals surface area contributed by atoms with E-state index >= 15 is 0 Å². The second-order valence-corrected chi connectivity index (χ2v) is 5.06. The van der Waals surface area contributed by atoms with E-state index in [1.807, 2.05) is 6.07 Å². The Kier molecular flexibility index (Phi) is 5.28. The van der Waals surface area contributed by atoms with E-state index in [0.29, 0.717) is 30.1 Å². The molecule has 4 N–H and O–H groups in total. The van der Waals surface area contributed by atoms with E-state index in [1.165, 1.54) is 0 Å². The van der Waals surface area contributed by atoms with Crippen molar-refractivity contribution in [2.45, 2.75) is 39.8 Å². The number of hydrogen-bond acceptors (Lipinski definition) is 4. The van der Waals surface area contributed by atoms with Crippen LogP contribution in [0.25, 0.3) is 0 Å². The van der Waals surface area contributed by atoms with E-state index < -0.39 is 0 Å². The van der Waals surface area contributed by atoms with Crippen LogP contribution in [-0.2, 0) is 0 Å². The van der Waals surface area contributed by atoms with Crippen molar-refractivity contribution < 1.29 is 4.74 Å². The highest BCUT2D eigenvalue weighted by Gasteiger charge is 2.12. The number of rotatable bonds is 6. The third-order valence-corrected chi connectivity index (χ3v) is 3.00. The zero-order valence-corrected chi connectivity index (χ0v) is 11.8. The average molecular weight is 251 g/mol. The predicted molar refractivity (Wildman–Crippen MR) is 77.7 cm³/mol. The summed E-state index contributed by atoms with van der Waals surface area (Å²) in [7, 11) is 0. The fraction of sp³-hybridized carbons (Fsp3) is 0.571. The van der Waals surface area contributed by atoms with Crippen molar-refractivity contribution in [2.75, 3.05) is 24.6 Å². The van der Waals surface area contributed by atoms with Gasteiger partial charge < -0.3 is 16.2 Å². The van der Waals surface area contributed by atoms with E-state index in [-0.39, 0.29) is 0 Å². The van der Waals surface area contributed by atoms with Gasteiger partial charge in [-0.2, -0.15) is 0 Å². The zero-order valence-electron chi connectivity index (χ0n) is 11.8. The van der Waals surface area contributed by atoms with Crippen LogP contribution in [0.4, 0.5) is 11.4 Å². The molecule has 0 saturated heterocycles. The van der Waals surface area contributed by atoms with Crippen LogP contribution < -0.4 is 16.2 Å². The minimum atomic E-state index is 0.519. The number of nitrogens with zero attached hydrogens (tertiary/aromatic N) is 1. The fourth-order valence-corrected chi connectivity index (χ4v) is 2.02. The fourth-order valence-electron chi connectivity index (χ4n) is 2.02.